The van der Waals surface area contributed by atoms with Crippen molar-refractivity contribution < 1.29 is 15.1 Å². The van der Waals surface area contributed by atoms with Gasteiger partial charge in [-0.25, -0.2) is 0 Å². The summed E-state index contributed by atoms with van der Waals surface area (Å²) in [6, 6.07) is 5.90. The number of rotatable bonds is 2. The van der Waals surface area contributed by atoms with Crippen LogP contribution in [0.25, 0.3) is 5.69 Å². The minimum absolute atomic E-state index is 0.00837. The van der Waals surface area contributed by atoms with E-state index in [-0.39, 0.29) is 17.4 Å². The van der Waals surface area contributed by atoms with Crippen LogP contribution in [0.3, 0.4) is 0 Å². The van der Waals surface area contributed by atoms with E-state index in [1.165, 1.54) is 23.1 Å². The van der Waals surface area contributed by atoms with E-state index < -0.39 is 4.92 Å². The van der Waals surface area contributed by atoms with Crippen LogP contribution in [-0.2, 0) is 0 Å². The van der Waals surface area contributed by atoms with Gasteiger partial charge in [-0.05, 0) is 55.1 Å². The Morgan fingerprint density at radius 1 is 1.00 bits per heavy atom. The molecule has 2 saturated carbocycles. The number of non-ortho nitro benzene ring substituents is 1. The smallest absolute Gasteiger partial charge is 0.269 e. The molecule has 2 fully saturated rings. The number of nitrogens with zero attached hydrogens (tertiary/aromatic N) is 2. The number of aromatic nitrogens is 1. The maximum absolute atomic E-state index is 10.8. The summed E-state index contributed by atoms with van der Waals surface area (Å²) in [5.41, 5.74) is 2.37. The van der Waals surface area contributed by atoms with E-state index in [1.807, 2.05) is 0 Å². The molecule has 6 nitrogen and oxygen atoms in total. The first kappa shape index (κ1) is 13.0. The lowest BCUT2D eigenvalue weighted by Crippen LogP contribution is -2.22. The second-order valence-electron chi connectivity index (χ2n) is 6.94. The summed E-state index contributed by atoms with van der Waals surface area (Å²) in [5, 5.41) is 32.2. The third kappa shape index (κ3) is 1.53. The van der Waals surface area contributed by atoms with Gasteiger partial charge in [-0.15, -0.1) is 0 Å². The largest absolute Gasteiger partial charge is 0.494 e. The molecule has 4 aliphatic rings. The molecule has 118 valence electrons. The third-order valence-electron chi connectivity index (χ3n) is 5.97. The second kappa shape index (κ2) is 4.07. The molecule has 1 aromatic heterocycles. The van der Waals surface area contributed by atoms with Crippen LogP contribution in [0.4, 0.5) is 5.69 Å². The molecule has 4 aliphatic carbocycles. The molecule has 23 heavy (non-hydrogen) atoms. The molecule has 1 aromatic carbocycles. The average Bonchev–Trinajstić information content (AvgIpc) is 3.32. The lowest BCUT2D eigenvalue weighted by atomic mass is 9.68. The molecule has 4 atom stereocenters. The van der Waals surface area contributed by atoms with Crippen molar-refractivity contribution in [2.45, 2.75) is 31.1 Å². The fourth-order valence-corrected chi connectivity index (χ4v) is 4.95. The number of benzene rings is 1. The van der Waals surface area contributed by atoms with Crippen LogP contribution in [0.5, 0.6) is 11.8 Å². The fourth-order valence-electron chi connectivity index (χ4n) is 4.95. The van der Waals surface area contributed by atoms with E-state index in [0.29, 0.717) is 29.4 Å². The highest BCUT2D eigenvalue weighted by Crippen LogP contribution is 2.70. The summed E-state index contributed by atoms with van der Waals surface area (Å²) in [4.78, 5) is 10.3. The molecule has 2 aromatic rings. The first-order chi connectivity index (χ1) is 11.1. The summed E-state index contributed by atoms with van der Waals surface area (Å²) in [6.45, 7) is 0. The first-order valence-corrected chi connectivity index (χ1v) is 7.99. The minimum atomic E-state index is -0.460. The number of hydrogen-bond acceptors (Lipinski definition) is 4. The predicted octanol–water partition coefficient (Wildman–Crippen LogP) is 3.41. The zero-order valence-corrected chi connectivity index (χ0v) is 12.3. The lowest BCUT2D eigenvalue weighted by molar-refractivity contribution is -0.384. The van der Waals surface area contributed by atoms with Crippen LogP contribution in [0, 0.1) is 22.0 Å². The average molecular weight is 312 g/mol. The van der Waals surface area contributed by atoms with Gasteiger partial charge in [0.2, 0.25) is 11.8 Å². The van der Waals surface area contributed by atoms with Crippen molar-refractivity contribution in [3.05, 3.63) is 45.5 Å². The number of nitro groups is 1. The van der Waals surface area contributed by atoms with E-state index in [2.05, 4.69) is 0 Å². The molecule has 0 saturated heterocycles. The van der Waals surface area contributed by atoms with Crippen LogP contribution in [0.2, 0.25) is 0 Å². The van der Waals surface area contributed by atoms with Gasteiger partial charge < -0.3 is 10.2 Å². The maximum Gasteiger partial charge on any atom is 0.269 e. The standard InChI is InChI=1S/C17H16N2O4/c20-16-14-10-5-6-11(13-7-12(10)13)15(14)17(21)18(16)8-1-3-9(4-2-8)19(22)23/h1-4,10-13,20-21H,5-7H2/t10-,11+,12+,13-. The van der Waals surface area contributed by atoms with Gasteiger partial charge in [-0.3, -0.25) is 14.7 Å². The van der Waals surface area contributed by atoms with Gasteiger partial charge in [-0.1, -0.05) is 0 Å². The van der Waals surface area contributed by atoms with Crippen molar-refractivity contribution in [2.75, 3.05) is 0 Å². The van der Waals surface area contributed by atoms with E-state index in [9.17, 15) is 20.3 Å². The molecule has 2 bridgehead atoms. The van der Waals surface area contributed by atoms with Crippen LogP contribution < -0.4 is 0 Å². The lowest BCUT2D eigenvalue weighted by Gasteiger charge is -2.35. The van der Waals surface area contributed by atoms with Gasteiger partial charge in [0, 0.05) is 23.3 Å². The molecule has 2 N–H and O–H groups in total. The normalized spacial score (nSPS) is 29.9. The molecule has 6 heteroatoms. The van der Waals surface area contributed by atoms with Gasteiger partial charge in [0.15, 0.2) is 0 Å². The van der Waals surface area contributed by atoms with Crippen LogP contribution in [-0.4, -0.2) is 19.7 Å². The summed E-state index contributed by atoms with van der Waals surface area (Å²) in [5.74, 6) is 2.24. The van der Waals surface area contributed by atoms with Crippen LogP contribution in [0.15, 0.2) is 24.3 Å². The highest BCUT2D eigenvalue weighted by Gasteiger charge is 2.58. The highest BCUT2D eigenvalue weighted by atomic mass is 16.6. The Bertz CT molecular complexity index is 800. The van der Waals surface area contributed by atoms with Gasteiger partial charge in [-0.2, -0.15) is 0 Å². The predicted molar refractivity (Wildman–Crippen MR) is 82.1 cm³/mol. The van der Waals surface area contributed by atoms with Crippen molar-refractivity contribution in [3.63, 3.8) is 0 Å². The fraction of sp³-hybridized carbons (Fsp3) is 0.412. The van der Waals surface area contributed by atoms with Crippen molar-refractivity contribution in [2.24, 2.45) is 11.8 Å². The van der Waals surface area contributed by atoms with E-state index in [1.54, 1.807) is 12.1 Å². The Balaban J connectivity index is 1.67. The monoisotopic (exact) mass is 312 g/mol. The van der Waals surface area contributed by atoms with E-state index >= 15 is 0 Å². The van der Waals surface area contributed by atoms with Gasteiger partial charge >= 0.3 is 0 Å². The SMILES string of the molecule is O=[N+]([O-])c1ccc(-n2c(O)c3c(c2O)[C@@H]2CC[C@H]3[C@H]3C[C@H]32)cc1. The quantitative estimate of drug-likeness (QED) is 0.657. The molecular formula is C17H16N2O4. The Kier molecular flexibility index (Phi) is 2.30. The van der Waals surface area contributed by atoms with Crippen molar-refractivity contribution in [1.82, 2.24) is 4.57 Å². The highest BCUT2D eigenvalue weighted by molar-refractivity contribution is 5.60. The molecule has 0 amide bonds. The molecule has 0 radical (unpaired) electrons. The second-order valence-corrected chi connectivity index (χ2v) is 6.94. The Morgan fingerprint density at radius 3 is 2.00 bits per heavy atom. The molecule has 6 rings (SSSR count). The molecule has 0 aliphatic heterocycles. The van der Waals surface area contributed by atoms with Gasteiger partial charge in [0.05, 0.1) is 10.6 Å². The molecular weight excluding hydrogens is 296 g/mol. The topological polar surface area (TPSA) is 88.5 Å². The number of nitro benzene ring substituents is 1. The van der Waals surface area contributed by atoms with Crippen molar-refractivity contribution in [3.8, 4) is 17.4 Å². The number of hydrogen-bond donors (Lipinski definition) is 2. The molecule has 1 heterocycles. The van der Waals surface area contributed by atoms with E-state index in [0.717, 1.165) is 24.0 Å². The molecule has 0 spiro atoms. The molecule has 0 unspecified atom stereocenters. The number of aromatic hydroxyl groups is 2. The Morgan fingerprint density at radius 2 is 1.52 bits per heavy atom. The zero-order chi connectivity index (χ0) is 15.9. The Labute approximate surface area is 132 Å². The van der Waals surface area contributed by atoms with E-state index in [4.69, 9.17) is 0 Å². The van der Waals surface area contributed by atoms with Crippen molar-refractivity contribution >= 4 is 5.69 Å². The minimum Gasteiger partial charge on any atom is -0.494 e. The van der Waals surface area contributed by atoms with Gasteiger partial charge in [0.1, 0.15) is 0 Å². The van der Waals surface area contributed by atoms with Gasteiger partial charge in [0.25, 0.3) is 5.69 Å². The maximum atomic E-state index is 10.8. The number of fused-ring (bicyclic) bond motifs is 1. The van der Waals surface area contributed by atoms with Crippen LogP contribution in [0.1, 0.15) is 42.2 Å². The van der Waals surface area contributed by atoms with Crippen LogP contribution >= 0.6 is 0 Å². The first-order valence-electron chi connectivity index (χ1n) is 7.99. The summed E-state index contributed by atoms with van der Waals surface area (Å²) < 4.78 is 1.43. The van der Waals surface area contributed by atoms with Crippen molar-refractivity contribution in [1.29, 1.82) is 0 Å². The summed E-state index contributed by atoms with van der Waals surface area (Å²) in [6.07, 6.45) is 3.37. The third-order valence-corrected chi connectivity index (χ3v) is 5.97. The zero-order valence-electron chi connectivity index (χ0n) is 12.3. The Hall–Kier alpha value is -2.50. The summed E-state index contributed by atoms with van der Waals surface area (Å²) in [7, 11) is 0. The summed E-state index contributed by atoms with van der Waals surface area (Å²) >= 11 is 0.